The summed E-state index contributed by atoms with van der Waals surface area (Å²) in [6, 6.07) is 4.21. The molecule has 0 bridgehead atoms. The highest BCUT2D eigenvalue weighted by Crippen LogP contribution is 2.13. The molecule has 2 fully saturated rings. The van der Waals surface area contributed by atoms with Crippen LogP contribution < -0.4 is 22.5 Å². The van der Waals surface area contributed by atoms with Crippen LogP contribution >= 0.6 is 24.0 Å². The molecular weight excluding hydrogens is 431 g/mol. The molecule has 2 aromatic heterocycles. The largest absolute Gasteiger partial charge is 0.380 e. The molecule has 0 aromatic carbocycles. The lowest BCUT2D eigenvalue weighted by Crippen LogP contribution is -2.20. The molecule has 12 heteroatoms. The summed E-state index contributed by atoms with van der Waals surface area (Å²) in [4.78, 5) is 15.6. The molecule has 7 N–H and O–H groups in total. The van der Waals surface area contributed by atoms with E-state index in [2.05, 4.69) is 25.3 Å². The number of rotatable bonds is 2. The van der Waals surface area contributed by atoms with Gasteiger partial charge >= 0.3 is 0 Å². The third-order valence-electron chi connectivity index (χ3n) is 3.96. The van der Waals surface area contributed by atoms with E-state index in [-0.39, 0.29) is 18.4 Å². The molecule has 2 saturated heterocycles. The van der Waals surface area contributed by atoms with Crippen molar-refractivity contribution in [2.45, 2.75) is 38.8 Å². The highest BCUT2D eigenvalue weighted by Gasteiger charge is 2.15. The molecule has 4 heterocycles. The Morgan fingerprint density at radius 2 is 1.53 bits per heavy atom. The number of anilines is 3. The second kappa shape index (κ2) is 13.3. The fourth-order valence-electron chi connectivity index (χ4n) is 2.63. The molecule has 4 rings (SSSR count). The fourth-order valence-corrected chi connectivity index (χ4v) is 2.87. The standard InChI is InChI=1S/C9H14N4O.C5H6ClN3.C4H9NO.ClH/c1-6-4-8(13-9(10)11-6)12-7-2-3-14-5-7;1-3-2-4(6)9-5(7)8-3;5-4-1-2-6-3-4;/h4,7H,2-3,5H2,1H3,(H3,10,11,12,13);2H,1H3,(H2,7,8,9);4H,1-3,5H2;1H. The first kappa shape index (κ1) is 26.1. The number of ether oxygens (including phenoxy) is 2. The maximum atomic E-state index is 5.54. The van der Waals surface area contributed by atoms with Crippen molar-refractivity contribution in [2.24, 2.45) is 5.73 Å². The minimum absolute atomic E-state index is 0. The van der Waals surface area contributed by atoms with Crippen LogP contribution in [0.15, 0.2) is 12.1 Å². The summed E-state index contributed by atoms with van der Waals surface area (Å²) in [6.45, 7) is 6.89. The zero-order valence-corrected chi connectivity index (χ0v) is 18.7. The van der Waals surface area contributed by atoms with E-state index in [4.69, 9.17) is 38.3 Å². The van der Waals surface area contributed by atoms with E-state index in [1.165, 1.54) is 0 Å². The van der Waals surface area contributed by atoms with Crippen molar-refractivity contribution in [2.75, 3.05) is 43.2 Å². The van der Waals surface area contributed by atoms with Crippen LogP contribution in [0.5, 0.6) is 0 Å². The summed E-state index contributed by atoms with van der Waals surface area (Å²) in [6.07, 6.45) is 2.06. The normalized spacial score (nSPS) is 19.6. The number of hydrogen-bond acceptors (Lipinski definition) is 10. The van der Waals surface area contributed by atoms with Gasteiger partial charge in [0.15, 0.2) is 0 Å². The molecule has 2 atom stereocenters. The van der Waals surface area contributed by atoms with Crippen molar-refractivity contribution < 1.29 is 9.47 Å². The van der Waals surface area contributed by atoms with Crippen LogP contribution in [0.25, 0.3) is 0 Å². The molecule has 10 nitrogen and oxygen atoms in total. The van der Waals surface area contributed by atoms with E-state index in [1.807, 2.05) is 19.9 Å². The first-order chi connectivity index (χ1) is 13.8. The van der Waals surface area contributed by atoms with E-state index < -0.39 is 0 Å². The fraction of sp³-hybridized carbons (Fsp3) is 0.556. The van der Waals surface area contributed by atoms with Crippen molar-refractivity contribution in [3.8, 4) is 0 Å². The highest BCUT2D eigenvalue weighted by molar-refractivity contribution is 6.29. The van der Waals surface area contributed by atoms with Gasteiger partial charge in [0, 0.05) is 36.7 Å². The monoisotopic (exact) mass is 460 g/mol. The first-order valence-corrected chi connectivity index (χ1v) is 9.75. The zero-order chi connectivity index (χ0) is 21.2. The summed E-state index contributed by atoms with van der Waals surface area (Å²) < 4.78 is 10.2. The third-order valence-corrected chi connectivity index (χ3v) is 4.15. The molecular formula is C18H30Cl2N8O2. The van der Waals surface area contributed by atoms with E-state index in [0.29, 0.717) is 23.2 Å². The van der Waals surface area contributed by atoms with Crippen LogP contribution in [0.2, 0.25) is 5.15 Å². The lowest BCUT2D eigenvalue weighted by atomic mass is 10.2. The van der Waals surface area contributed by atoms with Gasteiger partial charge in [-0.2, -0.15) is 4.98 Å². The zero-order valence-electron chi connectivity index (χ0n) is 17.2. The lowest BCUT2D eigenvalue weighted by molar-refractivity contribution is 0.194. The molecule has 168 valence electrons. The molecule has 30 heavy (non-hydrogen) atoms. The number of nitrogens with zero attached hydrogens (tertiary/aromatic N) is 4. The maximum absolute atomic E-state index is 5.54. The van der Waals surface area contributed by atoms with Crippen LogP contribution in [0.4, 0.5) is 17.7 Å². The minimum Gasteiger partial charge on any atom is -0.380 e. The van der Waals surface area contributed by atoms with E-state index in [9.17, 15) is 0 Å². The first-order valence-electron chi connectivity index (χ1n) is 9.37. The van der Waals surface area contributed by atoms with Crippen LogP contribution in [-0.2, 0) is 9.47 Å². The van der Waals surface area contributed by atoms with Crippen molar-refractivity contribution in [1.29, 1.82) is 0 Å². The van der Waals surface area contributed by atoms with Gasteiger partial charge in [0.2, 0.25) is 11.9 Å². The Morgan fingerprint density at radius 1 is 0.933 bits per heavy atom. The van der Waals surface area contributed by atoms with E-state index >= 15 is 0 Å². The molecule has 2 aromatic rings. The van der Waals surface area contributed by atoms with Crippen molar-refractivity contribution >= 4 is 41.7 Å². The van der Waals surface area contributed by atoms with Crippen LogP contribution in [0.3, 0.4) is 0 Å². The average Bonchev–Trinajstić information content (AvgIpc) is 3.27. The van der Waals surface area contributed by atoms with Crippen LogP contribution in [-0.4, -0.2) is 58.4 Å². The van der Waals surface area contributed by atoms with Crippen LogP contribution in [0.1, 0.15) is 24.2 Å². The Kier molecular flexibility index (Phi) is 11.6. The molecule has 0 spiro atoms. The summed E-state index contributed by atoms with van der Waals surface area (Å²) in [5, 5.41) is 3.66. The lowest BCUT2D eigenvalue weighted by Gasteiger charge is -2.11. The number of nitrogen functional groups attached to an aromatic ring is 2. The Hall–Kier alpha value is -1.98. The second-order valence-corrected chi connectivity index (χ2v) is 7.16. The number of hydrogen-bond donors (Lipinski definition) is 4. The molecule has 2 aliphatic rings. The smallest absolute Gasteiger partial charge is 0.222 e. The van der Waals surface area contributed by atoms with Gasteiger partial charge in [-0.15, -0.1) is 12.4 Å². The van der Waals surface area contributed by atoms with Crippen molar-refractivity contribution in [3.63, 3.8) is 0 Å². The molecule has 0 radical (unpaired) electrons. The van der Waals surface area contributed by atoms with Gasteiger partial charge in [0.1, 0.15) is 11.0 Å². The number of halogens is 2. The summed E-state index contributed by atoms with van der Waals surface area (Å²) in [5.74, 6) is 1.32. The summed E-state index contributed by atoms with van der Waals surface area (Å²) >= 11 is 5.52. The summed E-state index contributed by atoms with van der Waals surface area (Å²) in [7, 11) is 0. The number of nitrogens with two attached hydrogens (primary N) is 3. The van der Waals surface area contributed by atoms with Crippen LogP contribution in [0, 0.1) is 13.8 Å². The second-order valence-electron chi connectivity index (χ2n) is 6.77. The molecule has 2 aliphatic heterocycles. The van der Waals surface area contributed by atoms with Crippen molar-refractivity contribution in [3.05, 3.63) is 28.7 Å². The Bertz CT molecular complexity index is 701. The van der Waals surface area contributed by atoms with Gasteiger partial charge in [-0.1, -0.05) is 11.6 Å². The molecule has 0 saturated carbocycles. The Morgan fingerprint density at radius 3 is 1.97 bits per heavy atom. The topological polar surface area (TPSA) is 160 Å². The quantitative estimate of drug-likeness (QED) is 0.485. The predicted molar refractivity (Wildman–Crippen MR) is 121 cm³/mol. The van der Waals surface area contributed by atoms with Gasteiger partial charge in [-0.05, 0) is 32.8 Å². The predicted octanol–water partition coefficient (Wildman–Crippen LogP) is 1.74. The van der Waals surface area contributed by atoms with Gasteiger partial charge in [0.25, 0.3) is 0 Å². The minimum atomic E-state index is 0. The summed E-state index contributed by atoms with van der Waals surface area (Å²) in [5.41, 5.74) is 17.9. The number of nitrogens with one attached hydrogen (secondary N) is 1. The van der Waals surface area contributed by atoms with Gasteiger partial charge in [0.05, 0.1) is 19.3 Å². The SMILES string of the molecule is Cc1cc(Cl)nc(N)n1.Cc1cc(NC2CCOC2)nc(N)n1.Cl.NC1CCOC1. The third kappa shape index (κ3) is 10.2. The van der Waals surface area contributed by atoms with E-state index in [0.717, 1.165) is 56.5 Å². The molecule has 2 unspecified atom stereocenters. The molecule has 0 amide bonds. The Balaban J connectivity index is 0.000000242. The van der Waals surface area contributed by atoms with Crippen molar-refractivity contribution in [1.82, 2.24) is 19.9 Å². The molecule has 0 aliphatic carbocycles. The number of aryl methyl sites for hydroxylation is 2. The Labute approximate surface area is 187 Å². The highest BCUT2D eigenvalue weighted by atomic mass is 35.5. The van der Waals surface area contributed by atoms with E-state index in [1.54, 1.807) is 6.07 Å². The van der Waals surface area contributed by atoms with Gasteiger partial charge < -0.3 is 32.0 Å². The maximum Gasteiger partial charge on any atom is 0.222 e. The average molecular weight is 461 g/mol. The van der Waals surface area contributed by atoms with Gasteiger partial charge in [-0.3, -0.25) is 0 Å². The number of aromatic nitrogens is 4. The van der Waals surface area contributed by atoms with Gasteiger partial charge in [-0.25, -0.2) is 15.0 Å².